The topological polar surface area (TPSA) is 50.9 Å². The van der Waals surface area contributed by atoms with Crippen molar-refractivity contribution in [2.24, 2.45) is 0 Å². The Balaban J connectivity index is 2.23. The number of aromatic amines is 1. The molecule has 1 heterocycles. The number of aromatic nitrogens is 1. The maximum Gasteiger partial charge on any atom is 0.136 e. The number of hydrogen-bond donors (Lipinski definition) is 2. The zero-order valence-electron chi connectivity index (χ0n) is 11.3. The number of rotatable bonds is 3. The van der Waals surface area contributed by atoms with Crippen molar-refractivity contribution >= 4 is 22.3 Å². The van der Waals surface area contributed by atoms with Gasteiger partial charge in [-0.1, -0.05) is 12.1 Å². The fourth-order valence-corrected chi connectivity index (χ4v) is 2.69. The van der Waals surface area contributed by atoms with Gasteiger partial charge in [0.25, 0.3) is 0 Å². The zero-order chi connectivity index (χ0) is 13.3. The lowest BCUT2D eigenvalue weighted by atomic mass is 10.1. The van der Waals surface area contributed by atoms with Crippen LogP contribution in [0, 0.1) is 0 Å². The van der Waals surface area contributed by atoms with E-state index in [1.807, 2.05) is 46.0 Å². The van der Waals surface area contributed by atoms with Crippen molar-refractivity contribution in [3.8, 4) is 0 Å². The molecule has 0 amide bonds. The average molecular weight is 264 g/mol. The highest BCUT2D eigenvalue weighted by Gasteiger charge is 2.28. The smallest absolute Gasteiger partial charge is 0.136 e. The summed E-state index contributed by atoms with van der Waals surface area (Å²) in [6.07, 6.45) is 1.93. The molecular weight excluding hydrogens is 244 g/mol. The Hall–Kier alpha value is -0.970. The minimum absolute atomic E-state index is 0.0598. The van der Waals surface area contributed by atoms with E-state index in [9.17, 15) is 4.55 Å². The van der Waals surface area contributed by atoms with Gasteiger partial charge in [-0.05, 0) is 45.4 Å². The zero-order valence-corrected chi connectivity index (χ0v) is 12.1. The molecule has 0 fully saturated rings. The summed E-state index contributed by atoms with van der Waals surface area (Å²) in [6.45, 7) is 7.96. The number of nitrogens with one attached hydrogen (secondary N) is 2. The van der Waals surface area contributed by atoms with Crippen LogP contribution in [0.4, 0.5) is 0 Å². The predicted octanol–water partition coefficient (Wildman–Crippen LogP) is 3.28. The lowest BCUT2D eigenvalue weighted by Crippen LogP contribution is -2.40. The van der Waals surface area contributed by atoms with Crippen LogP contribution in [0.3, 0.4) is 0 Å². The molecule has 0 aliphatic rings. The molecule has 0 spiro atoms. The van der Waals surface area contributed by atoms with Crippen LogP contribution in [0.1, 0.15) is 39.3 Å². The Labute approximate surface area is 111 Å². The molecule has 0 aliphatic carbocycles. The molecule has 98 valence electrons. The van der Waals surface area contributed by atoms with Crippen LogP contribution in [-0.4, -0.2) is 14.3 Å². The van der Waals surface area contributed by atoms with Gasteiger partial charge in [0.15, 0.2) is 0 Å². The minimum atomic E-state index is -1.06. The van der Waals surface area contributed by atoms with Crippen molar-refractivity contribution in [3.63, 3.8) is 0 Å². The fraction of sp³-hybridized carbons (Fsp3) is 0.429. The summed E-state index contributed by atoms with van der Waals surface area (Å²) in [5, 5.41) is 1.18. The van der Waals surface area contributed by atoms with Gasteiger partial charge in [0.1, 0.15) is 4.75 Å². The van der Waals surface area contributed by atoms with Crippen LogP contribution >= 0.6 is 0 Å². The largest absolute Gasteiger partial charge is 0.598 e. The first-order chi connectivity index (χ1) is 8.39. The van der Waals surface area contributed by atoms with Crippen LogP contribution in [0.15, 0.2) is 30.5 Å². The van der Waals surface area contributed by atoms with Gasteiger partial charge in [0.2, 0.25) is 0 Å². The van der Waals surface area contributed by atoms with Crippen molar-refractivity contribution in [1.82, 2.24) is 9.71 Å². The normalized spacial score (nSPS) is 15.8. The third-order valence-electron chi connectivity index (χ3n) is 2.94. The van der Waals surface area contributed by atoms with Crippen LogP contribution in [0.25, 0.3) is 10.9 Å². The molecule has 1 aromatic carbocycles. The summed E-state index contributed by atoms with van der Waals surface area (Å²) in [6, 6.07) is 8.26. The summed E-state index contributed by atoms with van der Waals surface area (Å²) < 4.78 is 15.0. The molecule has 2 atom stereocenters. The molecule has 0 saturated heterocycles. The molecule has 4 heteroatoms. The fourth-order valence-electron chi connectivity index (χ4n) is 1.89. The van der Waals surface area contributed by atoms with E-state index in [1.54, 1.807) is 0 Å². The van der Waals surface area contributed by atoms with E-state index in [2.05, 4.69) is 21.8 Å². The Kier molecular flexibility index (Phi) is 3.71. The van der Waals surface area contributed by atoms with Gasteiger partial charge in [-0.2, -0.15) is 0 Å². The Morgan fingerprint density at radius 1 is 1.28 bits per heavy atom. The van der Waals surface area contributed by atoms with E-state index in [4.69, 9.17) is 0 Å². The van der Waals surface area contributed by atoms with Crippen LogP contribution in [0.5, 0.6) is 0 Å². The maximum atomic E-state index is 12.1. The van der Waals surface area contributed by atoms with Crippen molar-refractivity contribution in [2.45, 2.75) is 38.5 Å². The SMILES string of the molecule is C[C@H](N[S@+]([O-])C(C)(C)C)c1cccc2[nH]ccc12. The van der Waals surface area contributed by atoms with Crippen molar-refractivity contribution in [2.75, 3.05) is 0 Å². The Morgan fingerprint density at radius 3 is 2.67 bits per heavy atom. The van der Waals surface area contributed by atoms with E-state index < -0.39 is 11.4 Å². The molecule has 0 unspecified atom stereocenters. The minimum Gasteiger partial charge on any atom is -0.598 e. The van der Waals surface area contributed by atoms with Gasteiger partial charge in [0, 0.05) is 28.5 Å². The van der Waals surface area contributed by atoms with E-state index in [0.717, 1.165) is 5.52 Å². The number of H-pyrrole nitrogens is 1. The highest BCUT2D eigenvalue weighted by atomic mass is 32.2. The molecule has 0 aliphatic heterocycles. The summed E-state index contributed by atoms with van der Waals surface area (Å²) in [4.78, 5) is 3.19. The third-order valence-corrected chi connectivity index (χ3v) is 4.62. The second-order valence-electron chi connectivity index (χ2n) is 5.51. The summed E-state index contributed by atoms with van der Waals surface area (Å²) in [7, 11) is 0. The monoisotopic (exact) mass is 264 g/mol. The molecule has 2 aromatic rings. The summed E-state index contributed by atoms with van der Waals surface area (Å²) in [5.41, 5.74) is 2.29. The van der Waals surface area contributed by atoms with Gasteiger partial charge in [-0.3, -0.25) is 0 Å². The quantitative estimate of drug-likeness (QED) is 0.836. The molecule has 0 radical (unpaired) electrons. The highest BCUT2D eigenvalue weighted by Crippen LogP contribution is 2.25. The van der Waals surface area contributed by atoms with Crippen LogP contribution in [0.2, 0.25) is 0 Å². The Morgan fingerprint density at radius 2 is 2.00 bits per heavy atom. The molecule has 18 heavy (non-hydrogen) atoms. The van der Waals surface area contributed by atoms with Gasteiger partial charge >= 0.3 is 0 Å². The van der Waals surface area contributed by atoms with E-state index in [-0.39, 0.29) is 10.8 Å². The second-order valence-corrected chi connectivity index (χ2v) is 7.50. The first-order valence-corrected chi connectivity index (χ1v) is 7.28. The maximum absolute atomic E-state index is 12.1. The molecule has 2 N–H and O–H groups in total. The van der Waals surface area contributed by atoms with Crippen molar-refractivity contribution < 1.29 is 4.55 Å². The molecule has 0 saturated carbocycles. The predicted molar refractivity (Wildman–Crippen MR) is 77.7 cm³/mol. The highest BCUT2D eigenvalue weighted by molar-refractivity contribution is 7.90. The average Bonchev–Trinajstić information content (AvgIpc) is 2.74. The molecular formula is C14H20N2OS. The third kappa shape index (κ3) is 2.71. The lowest BCUT2D eigenvalue weighted by Gasteiger charge is -2.26. The van der Waals surface area contributed by atoms with Crippen LogP contribution in [-0.2, 0) is 11.4 Å². The molecule has 2 rings (SSSR count). The van der Waals surface area contributed by atoms with Gasteiger partial charge < -0.3 is 9.54 Å². The second kappa shape index (κ2) is 4.96. The number of fused-ring (bicyclic) bond motifs is 1. The lowest BCUT2D eigenvalue weighted by molar-refractivity contribution is 0.532. The standard InChI is InChI=1S/C14H20N2OS/c1-10(16-18(17)14(2,3)4)11-6-5-7-13-12(11)8-9-15-13/h5-10,15-16H,1-4H3/t10-,18+/m0/s1. The van der Waals surface area contributed by atoms with Gasteiger partial charge in [-0.15, -0.1) is 4.72 Å². The van der Waals surface area contributed by atoms with Crippen LogP contribution < -0.4 is 4.72 Å². The number of benzene rings is 1. The Bertz CT molecular complexity index is 530. The molecule has 3 nitrogen and oxygen atoms in total. The van der Waals surface area contributed by atoms with Crippen molar-refractivity contribution in [1.29, 1.82) is 0 Å². The van der Waals surface area contributed by atoms with E-state index >= 15 is 0 Å². The summed E-state index contributed by atoms with van der Waals surface area (Å²) >= 11 is -1.06. The van der Waals surface area contributed by atoms with Gasteiger partial charge in [-0.25, -0.2) is 0 Å². The first-order valence-electron chi connectivity index (χ1n) is 6.13. The van der Waals surface area contributed by atoms with Crippen molar-refractivity contribution in [3.05, 3.63) is 36.0 Å². The molecule has 1 aromatic heterocycles. The van der Waals surface area contributed by atoms with E-state index in [0.29, 0.717) is 0 Å². The first kappa shape index (κ1) is 13.5. The van der Waals surface area contributed by atoms with Gasteiger partial charge in [0.05, 0.1) is 6.04 Å². The number of hydrogen-bond acceptors (Lipinski definition) is 2. The summed E-state index contributed by atoms with van der Waals surface area (Å²) in [5.74, 6) is 0. The molecule has 0 bridgehead atoms. The van der Waals surface area contributed by atoms with E-state index in [1.165, 1.54) is 10.9 Å².